The number of carbonyl (C=O) groups excluding carboxylic acids is 1. The highest BCUT2D eigenvalue weighted by atomic mass is 16.6. The van der Waals surface area contributed by atoms with E-state index in [1.54, 1.807) is 6.92 Å². The lowest BCUT2D eigenvalue weighted by molar-refractivity contribution is -0.383. The number of ether oxygens (including phenoxy) is 1. The first kappa shape index (κ1) is 11.8. The van der Waals surface area contributed by atoms with Crippen molar-refractivity contribution in [3.05, 3.63) is 28.3 Å². The molecule has 1 amide bonds. The zero-order valence-electron chi connectivity index (χ0n) is 8.60. The summed E-state index contributed by atoms with van der Waals surface area (Å²) in [6, 6.07) is 3.98. The third-order valence-electron chi connectivity index (χ3n) is 1.75. The van der Waals surface area contributed by atoms with Crippen molar-refractivity contribution in [2.75, 3.05) is 17.7 Å². The maximum Gasteiger partial charge on any atom is 0.411 e. The maximum absolute atomic E-state index is 11.0. The van der Waals surface area contributed by atoms with Gasteiger partial charge >= 0.3 is 6.09 Å². The Kier molecular flexibility index (Phi) is 3.65. The van der Waals surface area contributed by atoms with Crippen LogP contribution in [0, 0.1) is 10.1 Å². The van der Waals surface area contributed by atoms with Gasteiger partial charge in [0.2, 0.25) is 0 Å². The molecule has 0 atom stereocenters. The number of nitrogens with zero attached hydrogens (tertiary/aromatic N) is 1. The summed E-state index contributed by atoms with van der Waals surface area (Å²) in [4.78, 5) is 21.0. The molecule has 86 valence electrons. The van der Waals surface area contributed by atoms with Crippen LogP contribution in [0.4, 0.5) is 21.9 Å². The van der Waals surface area contributed by atoms with Crippen molar-refractivity contribution in [1.82, 2.24) is 0 Å². The molecule has 0 heterocycles. The minimum Gasteiger partial charge on any atom is -0.450 e. The molecule has 0 aliphatic heterocycles. The van der Waals surface area contributed by atoms with Crippen LogP contribution in [0.3, 0.4) is 0 Å². The molecule has 0 aromatic heterocycles. The molecule has 0 saturated carbocycles. The molecule has 0 radical (unpaired) electrons. The zero-order valence-corrected chi connectivity index (χ0v) is 8.60. The lowest BCUT2D eigenvalue weighted by Crippen LogP contribution is -2.13. The number of rotatable bonds is 3. The standard InChI is InChI=1S/C9H11N3O4/c1-2-16-9(13)11-6-3-4-7(10)8(5-6)12(14)15/h3-5H,2,10H2,1H3,(H,11,13). The predicted octanol–water partition coefficient (Wildman–Crippen LogP) is 1.75. The van der Waals surface area contributed by atoms with Gasteiger partial charge < -0.3 is 10.5 Å². The minimum absolute atomic E-state index is 0.0411. The minimum atomic E-state index is -0.665. The fourth-order valence-corrected chi connectivity index (χ4v) is 1.06. The number of hydrogen-bond donors (Lipinski definition) is 2. The van der Waals surface area contributed by atoms with Crippen LogP contribution >= 0.6 is 0 Å². The molecule has 7 nitrogen and oxygen atoms in total. The topological polar surface area (TPSA) is 107 Å². The van der Waals surface area contributed by atoms with Gasteiger partial charge in [-0.25, -0.2) is 4.79 Å². The molecule has 0 unspecified atom stereocenters. The van der Waals surface area contributed by atoms with Gasteiger partial charge in [-0.05, 0) is 19.1 Å². The Morgan fingerprint density at radius 2 is 2.31 bits per heavy atom. The summed E-state index contributed by atoms with van der Waals surface area (Å²) < 4.78 is 4.63. The third-order valence-corrected chi connectivity index (χ3v) is 1.75. The molecule has 0 aliphatic rings. The van der Waals surface area contributed by atoms with E-state index in [-0.39, 0.29) is 23.7 Å². The second-order valence-corrected chi connectivity index (χ2v) is 2.88. The summed E-state index contributed by atoms with van der Waals surface area (Å²) in [6.45, 7) is 1.88. The largest absolute Gasteiger partial charge is 0.450 e. The van der Waals surface area contributed by atoms with Crippen LogP contribution in [0.1, 0.15) is 6.92 Å². The van der Waals surface area contributed by atoms with Crippen LogP contribution in [0.5, 0.6) is 0 Å². The average molecular weight is 225 g/mol. The Bertz CT molecular complexity index is 419. The van der Waals surface area contributed by atoms with Crippen molar-refractivity contribution in [3.8, 4) is 0 Å². The van der Waals surface area contributed by atoms with Crippen molar-refractivity contribution >= 4 is 23.2 Å². The van der Waals surface area contributed by atoms with E-state index in [4.69, 9.17) is 5.73 Å². The number of hydrogen-bond acceptors (Lipinski definition) is 5. The third kappa shape index (κ3) is 2.84. The maximum atomic E-state index is 11.0. The van der Waals surface area contributed by atoms with Gasteiger partial charge in [0, 0.05) is 6.07 Å². The second kappa shape index (κ2) is 4.96. The molecule has 1 rings (SSSR count). The smallest absolute Gasteiger partial charge is 0.411 e. The Labute approximate surface area is 91.3 Å². The molecule has 0 bridgehead atoms. The van der Waals surface area contributed by atoms with Crippen molar-refractivity contribution < 1.29 is 14.5 Å². The first-order valence-electron chi connectivity index (χ1n) is 4.52. The fraction of sp³-hybridized carbons (Fsp3) is 0.222. The Morgan fingerprint density at radius 1 is 1.62 bits per heavy atom. The quantitative estimate of drug-likeness (QED) is 0.462. The number of carbonyl (C=O) groups is 1. The highest BCUT2D eigenvalue weighted by Gasteiger charge is 2.13. The molecule has 0 aliphatic carbocycles. The summed E-state index contributed by atoms with van der Waals surface area (Å²) in [7, 11) is 0. The number of anilines is 2. The van der Waals surface area contributed by atoms with Crippen molar-refractivity contribution in [2.45, 2.75) is 6.92 Å². The van der Waals surface area contributed by atoms with Gasteiger partial charge in [-0.3, -0.25) is 15.4 Å². The van der Waals surface area contributed by atoms with Crippen molar-refractivity contribution in [3.63, 3.8) is 0 Å². The summed E-state index contributed by atoms with van der Waals surface area (Å²) in [5, 5.41) is 12.9. The number of amides is 1. The van der Waals surface area contributed by atoms with E-state index >= 15 is 0 Å². The van der Waals surface area contributed by atoms with E-state index in [0.29, 0.717) is 0 Å². The molecule has 16 heavy (non-hydrogen) atoms. The molecular formula is C9H11N3O4. The number of benzene rings is 1. The first-order chi connectivity index (χ1) is 7.54. The van der Waals surface area contributed by atoms with E-state index in [1.807, 2.05) is 0 Å². The lowest BCUT2D eigenvalue weighted by Gasteiger charge is -2.05. The molecule has 3 N–H and O–H groups in total. The number of nitrogen functional groups attached to an aromatic ring is 1. The SMILES string of the molecule is CCOC(=O)Nc1ccc(N)c([N+](=O)[O-])c1. The Balaban J connectivity index is 2.87. The van der Waals surface area contributed by atoms with Crippen molar-refractivity contribution in [1.29, 1.82) is 0 Å². The zero-order chi connectivity index (χ0) is 12.1. The van der Waals surface area contributed by atoms with Crippen LogP contribution < -0.4 is 11.1 Å². The Hall–Kier alpha value is -2.31. The van der Waals surface area contributed by atoms with Crippen LogP contribution in [0.2, 0.25) is 0 Å². The summed E-state index contributed by atoms with van der Waals surface area (Å²) >= 11 is 0. The molecule has 7 heteroatoms. The van der Waals surface area contributed by atoms with E-state index in [0.717, 1.165) is 0 Å². The molecule has 0 fully saturated rings. The molecule has 0 saturated heterocycles. The van der Waals surface area contributed by atoms with E-state index in [2.05, 4.69) is 10.1 Å². The summed E-state index contributed by atoms with van der Waals surface area (Å²) in [6.07, 6.45) is -0.665. The first-order valence-corrected chi connectivity index (χ1v) is 4.52. The second-order valence-electron chi connectivity index (χ2n) is 2.88. The van der Waals surface area contributed by atoms with Gasteiger partial charge in [-0.2, -0.15) is 0 Å². The van der Waals surface area contributed by atoms with Gasteiger partial charge in [0.25, 0.3) is 5.69 Å². The number of nitrogens with two attached hydrogens (primary N) is 1. The van der Waals surface area contributed by atoms with E-state index in [9.17, 15) is 14.9 Å². The summed E-state index contributed by atoms with van der Waals surface area (Å²) in [5.74, 6) is 0. The van der Waals surface area contributed by atoms with E-state index < -0.39 is 11.0 Å². The highest BCUT2D eigenvalue weighted by molar-refractivity contribution is 5.85. The molecule has 1 aromatic rings. The van der Waals surface area contributed by atoms with Crippen LogP contribution in [0.25, 0.3) is 0 Å². The normalized spacial score (nSPS) is 9.56. The predicted molar refractivity (Wildman–Crippen MR) is 58.2 cm³/mol. The molecule has 0 spiro atoms. The van der Waals surface area contributed by atoms with Gasteiger partial charge in [0.05, 0.1) is 17.2 Å². The monoisotopic (exact) mass is 225 g/mol. The van der Waals surface area contributed by atoms with Gasteiger partial charge in [-0.1, -0.05) is 0 Å². The number of nitrogens with one attached hydrogen (secondary N) is 1. The van der Waals surface area contributed by atoms with Gasteiger partial charge in [0.1, 0.15) is 5.69 Å². The van der Waals surface area contributed by atoms with E-state index in [1.165, 1.54) is 18.2 Å². The number of nitro benzene ring substituents is 1. The van der Waals surface area contributed by atoms with Crippen molar-refractivity contribution in [2.24, 2.45) is 0 Å². The van der Waals surface area contributed by atoms with Gasteiger partial charge in [-0.15, -0.1) is 0 Å². The highest BCUT2D eigenvalue weighted by Crippen LogP contribution is 2.24. The molecular weight excluding hydrogens is 214 g/mol. The average Bonchev–Trinajstić information content (AvgIpc) is 2.21. The van der Waals surface area contributed by atoms with Gasteiger partial charge in [0.15, 0.2) is 0 Å². The fourth-order valence-electron chi connectivity index (χ4n) is 1.06. The van der Waals surface area contributed by atoms with Crippen LogP contribution in [0.15, 0.2) is 18.2 Å². The van der Waals surface area contributed by atoms with Crippen LogP contribution in [-0.4, -0.2) is 17.6 Å². The Morgan fingerprint density at radius 3 is 2.88 bits per heavy atom. The molecule has 1 aromatic carbocycles. The lowest BCUT2D eigenvalue weighted by atomic mass is 10.2. The summed E-state index contributed by atoms with van der Waals surface area (Å²) in [5.41, 5.74) is 5.44. The van der Waals surface area contributed by atoms with Crippen LogP contribution in [-0.2, 0) is 4.74 Å². The number of nitro groups is 1.